The fraction of sp³-hybridized carbons (Fsp3) is 0.105. The molecule has 6 nitrogen and oxygen atoms in total. The molecule has 2 aromatic heterocycles. The maximum absolute atomic E-state index is 12.2. The quantitative estimate of drug-likeness (QED) is 0.795. The van der Waals surface area contributed by atoms with Crippen LogP contribution in [0.4, 0.5) is 10.5 Å². The van der Waals surface area contributed by atoms with Gasteiger partial charge in [0.05, 0.1) is 0 Å². The summed E-state index contributed by atoms with van der Waals surface area (Å²) in [5.41, 5.74) is 2.41. The van der Waals surface area contributed by atoms with E-state index in [0.717, 1.165) is 16.7 Å². The molecule has 0 unspecified atom stereocenters. The molecule has 25 heavy (non-hydrogen) atoms. The van der Waals surface area contributed by atoms with Crippen LogP contribution in [0, 0.1) is 0 Å². The van der Waals surface area contributed by atoms with Crippen molar-refractivity contribution in [1.82, 2.24) is 9.55 Å². The smallest absolute Gasteiger partial charge is 0.412 e. The Hall–Kier alpha value is -3.41. The van der Waals surface area contributed by atoms with E-state index in [4.69, 9.17) is 4.74 Å². The molecule has 0 saturated heterocycles. The molecular formula is C19H17N3O3. The number of benzene rings is 1. The van der Waals surface area contributed by atoms with Crippen LogP contribution in [0.3, 0.4) is 0 Å². The van der Waals surface area contributed by atoms with E-state index in [-0.39, 0.29) is 17.9 Å². The van der Waals surface area contributed by atoms with Gasteiger partial charge in [-0.15, -0.1) is 0 Å². The molecule has 0 atom stereocenters. The van der Waals surface area contributed by atoms with E-state index in [2.05, 4.69) is 10.3 Å². The molecule has 0 aliphatic heterocycles. The average molecular weight is 335 g/mol. The Morgan fingerprint density at radius 3 is 2.56 bits per heavy atom. The Morgan fingerprint density at radius 1 is 1.12 bits per heavy atom. The lowest BCUT2D eigenvalue weighted by atomic mass is 10.1. The lowest BCUT2D eigenvalue weighted by molar-refractivity contribution is 0.155. The monoisotopic (exact) mass is 335 g/mol. The second kappa shape index (κ2) is 7.44. The minimum absolute atomic E-state index is 0.136. The number of aryl methyl sites for hydroxylation is 1. The molecule has 0 spiro atoms. The van der Waals surface area contributed by atoms with E-state index in [0.29, 0.717) is 0 Å². The van der Waals surface area contributed by atoms with Crippen LogP contribution in [-0.2, 0) is 18.4 Å². The summed E-state index contributed by atoms with van der Waals surface area (Å²) in [6.45, 7) is 0.136. The van der Waals surface area contributed by atoms with Gasteiger partial charge in [0, 0.05) is 31.2 Å². The highest BCUT2D eigenvalue weighted by molar-refractivity contribution is 5.85. The van der Waals surface area contributed by atoms with E-state index in [1.807, 2.05) is 42.5 Å². The van der Waals surface area contributed by atoms with Gasteiger partial charge in [0.2, 0.25) is 0 Å². The fourth-order valence-corrected chi connectivity index (χ4v) is 2.37. The third-order valence-electron chi connectivity index (χ3n) is 3.65. The highest BCUT2D eigenvalue weighted by Gasteiger charge is 2.11. The summed E-state index contributed by atoms with van der Waals surface area (Å²) >= 11 is 0. The lowest BCUT2D eigenvalue weighted by Crippen LogP contribution is -2.24. The molecule has 1 aromatic carbocycles. The van der Waals surface area contributed by atoms with Crippen LogP contribution < -0.4 is 10.9 Å². The van der Waals surface area contributed by atoms with Crippen molar-refractivity contribution in [2.75, 3.05) is 5.32 Å². The van der Waals surface area contributed by atoms with Crippen LogP contribution in [-0.4, -0.2) is 15.6 Å². The van der Waals surface area contributed by atoms with Crippen molar-refractivity contribution in [2.24, 2.45) is 7.05 Å². The Bertz CT molecular complexity index is 922. The standard InChI is InChI=1S/C19H17N3O3/c1-22-12-16(15-7-9-20-10-8-15)11-17(18(22)23)21-19(24)25-13-14-5-3-2-4-6-14/h2-12H,13H2,1H3,(H,21,24). The Labute approximate surface area is 144 Å². The molecule has 0 aliphatic carbocycles. The second-order valence-electron chi connectivity index (χ2n) is 5.48. The summed E-state index contributed by atoms with van der Waals surface area (Å²) < 4.78 is 6.58. The summed E-state index contributed by atoms with van der Waals surface area (Å²) in [6, 6.07) is 14.6. The van der Waals surface area contributed by atoms with Crippen molar-refractivity contribution < 1.29 is 9.53 Å². The van der Waals surface area contributed by atoms with Crippen LogP contribution in [0.2, 0.25) is 0 Å². The van der Waals surface area contributed by atoms with Gasteiger partial charge < -0.3 is 9.30 Å². The number of hydrogen-bond donors (Lipinski definition) is 1. The number of nitrogens with one attached hydrogen (secondary N) is 1. The molecule has 0 saturated carbocycles. The number of rotatable bonds is 4. The molecular weight excluding hydrogens is 318 g/mol. The predicted molar refractivity (Wildman–Crippen MR) is 95.2 cm³/mol. The number of nitrogens with zero attached hydrogens (tertiary/aromatic N) is 2. The second-order valence-corrected chi connectivity index (χ2v) is 5.48. The normalized spacial score (nSPS) is 10.3. The largest absolute Gasteiger partial charge is 0.444 e. The number of hydrogen-bond acceptors (Lipinski definition) is 4. The van der Waals surface area contributed by atoms with Gasteiger partial charge in [0.25, 0.3) is 5.56 Å². The molecule has 126 valence electrons. The average Bonchev–Trinajstić information content (AvgIpc) is 2.65. The number of aromatic nitrogens is 2. The zero-order valence-corrected chi connectivity index (χ0v) is 13.7. The third kappa shape index (κ3) is 4.11. The van der Waals surface area contributed by atoms with E-state index in [1.54, 1.807) is 31.7 Å². The molecule has 0 bridgehead atoms. The zero-order chi connectivity index (χ0) is 17.6. The van der Waals surface area contributed by atoms with Crippen molar-refractivity contribution in [3.8, 4) is 11.1 Å². The first-order valence-corrected chi connectivity index (χ1v) is 7.72. The van der Waals surface area contributed by atoms with Crippen LogP contribution in [0.5, 0.6) is 0 Å². The highest BCUT2D eigenvalue weighted by atomic mass is 16.5. The van der Waals surface area contributed by atoms with Crippen molar-refractivity contribution in [1.29, 1.82) is 0 Å². The van der Waals surface area contributed by atoms with Gasteiger partial charge in [-0.25, -0.2) is 4.79 Å². The number of pyridine rings is 2. The lowest BCUT2D eigenvalue weighted by Gasteiger charge is -2.10. The Balaban J connectivity index is 1.76. The van der Waals surface area contributed by atoms with E-state index in [1.165, 1.54) is 4.57 Å². The number of carbonyl (C=O) groups excluding carboxylic acids is 1. The summed E-state index contributed by atoms with van der Waals surface area (Å²) in [4.78, 5) is 28.2. The fourth-order valence-electron chi connectivity index (χ4n) is 2.37. The van der Waals surface area contributed by atoms with E-state index in [9.17, 15) is 9.59 Å². The van der Waals surface area contributed by atoms with Crippen molar-refractivity contribution in [3.63, 3.8) is 0 Å². The van der Waals surface area contributed by atoms with E-state index >= 15 is 0 Å². The Kier molecular flexibility index (Phi) is 4.89. The van der Waals surface area contributed by atoms with Gasteiger partial charge in [-0.3, -0.25) is 15.1 Å². The van der Waals surface area contributed by atoms with Gasteiger partial charge >= 0.3 is 6.09 Å². The number of ether oxygens (including phenoxy) is 1. The Morgan fingerprint density at radius 2 is 1.84 bits per heavy atom. The molecule has 3 rings (SSSR count). The van der Waals surface area contributed by atoms with Gasteiger partial charge in [-0.05, 0) is 29.3 Å². The number of carbonyl (C=O) groups is 1. The first kappa shape index (κ1) is 16.4. The topological polar surface area (TPSA) is 73.2 Å². The predicted octanol–water partition coefficient (Wildman–Crippen LogP) is 3.20. The molecule has 2 heterocycles. The molecule has 0 aliphatic rings. The molecule has 6 heteroatoms. The molecule has 0 fully saturated rings. The molecule has 0 radical (unpaired) electrons. The van der Waals surface area contributed by atoms with E-state index < -0.39 is 6.09 Å². The van der Waals surface area contributed by atoms with Gasteiger partial charge in [0.1, 0.15) is 12.3 Å². The maximum Gasteiger partial charge on any atom is 0.412 e. The van der Waals surface area contributed by atoms with Gasteiger partial charge in [0.15, 0.2) is 0 Å². The van der Waals surface area contributed by atoms with Crippen molar-refractivity contribution in [2.45, 2.75) is 6.61 Å². The first-order chi connectivity index (χ1) is 12.1. The number of amides is 1. The maximum atomic E-state index is 12.2. The van der Waals surface area contributed by atoms with Crippen molar-refractivity contribution in [3.05, 3.63) is 83.0 Å². The third-order valence-corrected chi connectivity index (χ3v) is 3.65. The summed E-state index contributed by atoms with van der Waals surface area (Å²) in [5.74, 6) is 0. The molecule has 1 amide bonds. The SMILES string of the molecule is Cn1cc(-c2ccncc2)cc(NC(=O)OCc2ccccc2)c1=O. The zero-order valence-electron chi connectivity index (χ0n) is 13.7. The van der Waals surface area contributed by atoms with Crippen LogP contribution in [0.25, 0.3) is 11.1 Å². The minimum atomic E-state index is -0.673. The minimum Gasteiger partial charge on any atom is -0.444 e. The van der Waals surface area contributed by atoms with Gasteiger partial charge in [-0.2, -0.15) is 0 Å². The number of anilines is 1. The summed E-state index contributed by atoms with van der Waals surface area (Å²) in [5, 5.41) is 2.52. The summed E-state index contributed by atoms with van der Waals surface area (Å²) in [6.07, 6.45) is 4.37. The van der Waals surface area contributed by atoms with Crippen LogP contribution in [0.15, 0.2) is 71.9 Å². The summed E-state index contributed by atoms with van der Waals surface area (Å²) in [7, 11) is 1.63. The molecule has 1 N–H and O–H groups in total. The van der Waals surface area contributed by atoms with Crippen molar-refractivity contribution >= 4 is 11.8 Å². The highest BCUT2D eigenvalue weighted by Crippen LogP contribution is 2.19. The molecule has 3 aromatic rings. The van der Waals surface area contributed by atoms with Crippen LogP contribution in [0.1, 0.15) is 5.56 Å². The van der Waals surface area contributed by atoms with Crippen LogP contribution >= 0.6 is 0 Å². The van der Waals surface area contributed by atoms with Gasteiger partial charge in [-0.1, -0.05) is 30.3 Å². The first-order valence-electron chi connectivity index (χ1n) is 7.72.